The largest absolute Gasteiger partial charge is 0.349 e. The number of rotatable bonds is 6. The van der Waals surface area contributed by atoms with Crippen molar-refractivity contribution in [3.63, 3.8) is 0 Å². The number of hydrogen-bond donors (Lipinski definition) is 2. The standard InChI is InChI=1S/C11H17IN4O/c1-16(6-4-13)7-5-14-11(17)10-3-2-9(12)8-15-10/h2-3,8H,4-7,13H2,1H3,(H,14,17). The van der Waals surface area contributed by atoms with Crippen LogP contribution in [0.15, 0.2) is 18.3 Å². The van der Waals surface area contributed by atoms with Crippen molar-refractivity contribution in [2.75, 3.05) is 33.2 Å². The monoisotopic (exact) mass is 348 g/mol. The van der Waals surface area contributed by atoms with Crippen molar-refractivity contribution in [1.82, 2.24) is 15.2 Å². The van der Waals surface area contributed by atoms with Crippen LogP contribution >= 0.6 is 22.6 Å². The second kappa shape index (κ2) is 7.57. The van der Waals surface area contributed by atoms with Crippen molar-refractivity contribution in [1.29, 1.82) is 0 Å². The van der Waals surface area contributed by atoms with Crippen LogP contribution in [-0.2, 0) is 0 Å². The minimum Gasteiger partial charge on any atom is -0.349 e. The van der Waals surface area contributed by atoms with Gasteiger partial charge in [0.15, 0.2) is 0 Å². The summed E-state index contributed by atoms with van der Waals surface area (Å²) in [5, 5.41) is 2.82. The number of amides is 1. The molecular formula is C11H17IN4O. The quantitative estimate of drug-likeness (QED) is 0.726. The van der Waals surface area contributed by atoms with E-state index in [1.165, 1.54) is 0 Å². The molecule has 3 N–H and O–H groups in total. The molecule has 0 saturated carbocycles. The molecule has 0 atom stereocenters. The molecule has 1 aromatic heterocycles. The molecule has 0 aliphatic rings. The normalized spacial score (nSPS) is 10.6. The first-order valence-electron chi connectivity index (χ1n) is 5.42. The van der Waals surface area contributed by atoms with E-state index >= 15 is 0 Å². The number of nitrogens with two attached hydrogens (primary N) is 1. The first kappa shape index (κ1) is 14.3. The van der Waals surface area contributed by atoms with Gasteiger partial charge in [-0.25, -0.2) is 4.98 Å². The van der Waals surface area contributed by atoms with Crippen molar-refractivity contribution in [2.24, 2.45) is 5.73 Å². The van der Waals surface area contributed by atoms with E-state index in [2.05, 4.69) is 37.8 Å². The lowest BCUT2D eigenvalue weighted by Gasteiger charge is -2.15. The molecule has 94 valence electrons. The molecule has 1 heterocycles. The van der Waals surface area contributed by atoms with Gasteiger partial charge in [-0.05, 0) is 41.8 Å². The molecule has 0 aromatic carbocycles. The highest BCUT2D eigenvalue weighted by Gasteiger charge is 2.06. The van der Waals surface area contributed by atoms with Crippen molar-refractivity contribution in [3.8, 4) is 0 Å². The van der Waals surface area contributed by atoms with E-state index < -0.39 is 0 Å². The smallest absolute Gasteiger partial charge is 0.269 e. The SMILES string of the molecule is CN(CCN)CCNC(=O)c1ccc(I)cn1. The number of halogens is 1. The maximum atomic E-state index is 11.7. The summed E-state index contributed by atoms with van der Waals surface area (Å²) in [6.07, 6.45) is 1.68. The fourth-order valence-electron chi connectivity index (χ4n) is 1.29. The summed E-state index contributed by atoms with van der Waals surface area (Å²) in [6.45, 7) is 2.84. The number of carbonyl (C=O) groups is 1. The van der Waals surface area contributed by atoms with Crippen LogP contribution < -0.4 is 11.1 Å². The molecule has 0 fully saturated rings. The molecule has 0 bridgehead atoms. The van der Waals surface area contributed by atoms with Gasteiger partial charge >= 0.3 is 0 Å². The molecule has 0 spiro atoms. The number of nitrogens with zero attached hydrogens (tertiary/aromatic N) is 2. The van der Waals surface area contributed by atoms with Gasteiger partial charge < -0.3 is 16.0 Å². The van der Waals surface area contributed by atoms with Gasteiger partial charge in [0, 0.05) is 35.9 Å². The first-order valence-corrected chi connectivity index (χ1v) is 6.49. The van der Waals surface area contributed by atoms with E-state index in [1.54, 1.807) is 12.3 Å². The molecule has 0 radical (unpaired) electrons. The van der Waals surface area contributed by atoms with Gasteiger partial charge in [-0.15, -0.1) is 0 Å². The van der Waals surface area contributed by atoms with E-state index in [1.807, 2.05) is 13.1 Å². The van der Waals surface area contributed by atoms with Gasteiger partial charge in [0.05, 0.1) is 0 Å². The molecule has 17 heavy (non-hydrogen) atoms. The second-order valence-electron chi connectivity index (χ2n) is 3.71. The van der Waals surface area contributed by atoms with Gasteiger partial charge in [0.25, 0.3) is 5.91 Å². The third-order valence-electron chi connectivity index (χ3n) is 2.25. The number of aromatic nitrogens is 1. The van der Waals surface area contributed by atoms with Crippen molar-refractivity contribution in [2.45, 2.75) is 0 Å². The highest BCUT2D eigenvalue weighted by atomic mass is 127. The number of pyridine rings is 1. The van der Waals surface area contributed by atoms with Crippen LogP contribution in [0.1, 0.15) is 10.5 Å². The maximum Gasteiger partial charge on any atom is 0.269 e. The van der Waals surface area contributed by atoms with Crippen LogP contribution in [0.25, 0.3) is 0 Å². The summed E-state index contributed by atoms with van der Waals surface area (Å²) in [5.74, 6) is -0.137. The number of nitrogens with one attached hydrogen (secondary N) is 1. The van der Waals surface area contributed by atoms with Gasteiger partial charge in [-0.1, -0.05) is 0 Å². The van der Waals surface area contributed by atoms with Gasteiger partial charge in [-0.3, -0.25) is 4.79 Å². The summed E-state index contributed by atoms with van der Waals surface area (Å²) in [4.78, 5) is 17.8. The lowest BCUT2D eigenvalue weighted by molar-refractivity contribution is 0.0945. The number of hydrogen-bond acceptors (Lipinski definition) is 4. The summed E-state index contributed by atoms with van der Waals surface area (Å²) in [7, 11) is 1.97. The zero-order chi connectivity index (χ0) is 12.7. The molecule has 6 heteroatoms. The number of carbonyl (C=O) groups excluding carboxylic acids is 1. The van der Waals surface area contributed by atoms with Crippen LogP contribution in [0, 0.1) is 3.57 Å². The highest BCUT2D eigenvalue weighted by Crippen LogP contribution is 2.02. The average Bonchev–Trinajstić information content (AvgIpc) is 2.30. The van der Waals surface area contributed by atoms with Crippen LogP contribution in [-0.4, -0.2) is 49.0 Å². The fourth-order valence-corrected chi connectivity index (χ4v) is 1.61. The Balaban J connectivity index is 2.32. The molecule has 1 aromatic rings. The Hall–Kier alpha value is -0.730. The number of likely N-dealkylation sites (N-methyl/N-ethyl adjacent to an activating group) is 1. The summed E-state index contributed by atoms with van der Waals surface area (Å²) < 4.78 is 1.02. The summed E-state index contributed by atoms with van der Waals surface area (Å²) >= 11 is 2.15. The lowest BCUT2D eigenvalue weighted by Crippen LogP contribution is -2.35. The minimum atomic E-state index is -0.137. The molecule has 5 nitrogen and oxygen atoms in total. The van der Waals surface area contributed by atoms with Crippen LogP contribution in [0.5, 0.6) is 0 Å². The van der Waals surface area contributed by atoms with Crippen molar-refractivity contribution in [3.05, 3.63) is 27.6 Å². The van der Waals surface area contributed by atoms with Crippen LogP contribution in [0.2, 0.25) is 0 Å². The molecule has 0 saturated heterocycles. The van der Waals surface area contributed by atoms with E-state index in [9.17, 15) is 4.79 Å². The van der Waals surface area contributed by atoms with Crippen LogP contribution in [0.4, 0.5) is 0 Å². The van der Waals surface area contributed by atoms with Crippen molar-refractivity contribution >= 4 is 28.5 Å². The van der Waals surface area contributed by atoms with E-state index in [0.717, 1.165) is 16.7 Å². The Labute approximate surface area is 115 Å². The molecule has 1 rings (SSSR count). The molecule has 0 unspecified atom stereocenters. The third-order valence-corrected chi connectivity index (χ3v) is 2.89. The van der Waals surface area contributed by atoms with Crippen LogP contribution in [0.3, 0.4) is 0 Å². The topological polar surface area (TPSA) is 71.2 Å². The Bertz CT molecular complexity index is 355. The predicted molar refractivity (Wildman–Crippen MR) is 75.8 cm³/mol. The van der Waals surface area contributed by atoms with E-state index in [4.69, 9.17) is 5.73 Å². The lowest BCUT2D eigenvalue weighted by atomic mass is 10.3. The Kier molecular flexibility index (Phi) is 6.38. The summed E-state index contributed by atoms with van der Waals surface area (Å²) in [5.41, 5.74) is 5.88. The molecule has 1 amide bonds. The molecular weight excluding hydrogens is 331 g/mol. The highest BCUT2D eigenvalue weighted by molar-refractivity contribution is 14.1. The average molecular weight is 348 g/mol. The van der Waals surface area contributed by atoms with Gasteiger partial charge in [0.2, 0.25) is 0 Å². The zero-order valence-corrected chi connectivity index (χ0v) is 12.0. The molecule has 0 aliphatic heterocycles. The first-order chi connectivity index (χ1) is 8.13. The second-order valence-corrected chi connectivity index (χ2v) is 4.96. The summed E-state index contributed by atoms with van der Waals surface area (Å²) in [6, 6.07) is 3.59. The Morgan fingerprint density at radius 2 is 2.29 bits per heavy atom. The third kappa shape index (κ3) is 5.42. The van der Waals surface area contributed by atoms with Gasteiger partial charge in [0.1, 0.15) is 5.69 Å². The minimum absolute atomic E-state index is 0.137. The van der Waals surface area contributed by atoms with Gasteiger partial charge in [-0.2, -0.15) is 0 Å². The Morgan fingerprint density at radius 1 is 1.53 bits per heavy atom. The van der Waals surface area contributed by atoms with E-state index in [-0.39, 0.29) is 5.91 Å². The maximum absolute atomic E-state index is 11.7. The van der Waals surface area contributed by atoms with E-state index in [0.29, 0.717) is 18.8 Å². The predicted octanol–water partition coefficient (Wildman–Crippen LogP) is 0.307. The van der Waals surface area contributed by atoms with Crippen molar-refractivity contribution < 1.29 is 4.79 Å². The molecule has 0 aliphatic carbocycles. The Morgan fingerprint density at radius 3 is 2.88 bits per heavy atom. The zero-order valence-electron chi connectivity index (χ0n) is 9.82. The fraction of sp³-hybridized carbons (Fsp3) is 0.455.